The number of hydrogen-bond donors (Lipinski definition) is 0. The topological polar surface area (TPSA) is 178 Å². The average molecular weight is 995 g/mol. The molecule has 16 heteroatoms. The van der Waals surface area contributed by atoms with Crippen molar-refractivity contribution in [1.29, 1.82) is 0 Å². The Labute approximate surface area is 419 Å². The summed E-state index contributed by atoms with van der Waals surface area (Å²) in [7, 11) is 0. The molecule has 0 aromatic heterocycles. The van der Waals surface area contributed by atoms with Crippen molar-refractivity contribution in [2.75, 3.05) is 19.0 Å². The highest BCUT2D eigenvalue weighted by molar-refractivity contribution is 7.99. The minimum atomic E-state index is -1.70. The summed E-state index contributed by atoms with van der Waals surface area (Å²) < 4.78 is 64.6. The van der Waals surface area contributed by atoms with Gasteiger partial charge in [-0.25, -0.2) is 24.0 Å². The molecule has 11 atom stereocenters. The summed E-state index contributed by atoms with van der Waals surface area (Å²) in [4.78, 5) is 70.6. The van der Waals surface area contributed by atoms with Gasteiger partial charge in [0, 0.05) is 5.56 Å². The highest BCUT2D eigenvalue weighted by Gasteiger charge is 2.58. The van der Waals surface area contributed by atoms with Crippen LogP contribution in [0.5, 0.6) is 0 Å². The van der Waals surface area contributed by atoms with Gasteiger partial charge in [0.15, 0.2) is 37.0 Å². The number of esters is 5. The van der Waals surface area contributed by atoms with Crippen LogP contribution >= 0.6 is 11.8 Å². The van der Waals surface area contributed by atoms with Crippen molar-refractivity contribution in [2.45, 2.75) is 73.8 Å². The zero-order chi connectivity index (χ0) is 49.8. The van der Waals surface area contributed by atoms with E-state index in [4.69, 9.17) is 47.4 Å². The summed E-state index contributed by atoms with van der Waals surface area (Å²) in [5.74, 6) is -3.45. The second-order valence-electron chi connectivity index (χ2n) is 16.7. The van der Waals surface area contributed by atoms with Gasteiger partial charge in [-0.2, -0.15) is 0 Å². The monoisotopic (exact) mass is 994 g/mol. The van der Waals surface area contributed by atoms with E-state index in [0.717, 1.165) is 0 Å². The number of carbonyl (C=O) groups is 5. The Morgan fingerprint density at radius 2 is 0.889 bits per heavy atom. The van der Waals surface area contributed by atoms with Gasteiger partial charge in [-0.3, -0.25) is 0 Å². The fourth-order valence-corrected chi connectivity index (χ4v) is 9.41. The third-order valence-electron chi connectivity index (χ3n) is 12.0. The van der Waals surface area contributed by atoms with Crippen LogP contribution in [-0.2, 0) is 47.4 Å². The number of rotatable bonds is 16. The molecule has 0 N–H and O–H groups in total. The lowest BCUT2D eigenvalue weighted by atomic mass is 9.95. The highest BCUT2D eigenvalue weighted by Crippen LogP contribution is 2.41. The largest absolute Gasteiger partial charge is 0.459 e. The highest BCUT2D eigenvalue weighted by atomic mass is 32.2. The minimum absolute atomic E-state index is 0.124. The van der Waals surface area contributed by atoms with Gasteiger partial charge >= 0.3 is 29.8 Å². The van der Waals surface area contributed by atoms with Crippen LogP contribution in [-0.4, -0.2) is 109 Å². The van der Waals surface area contributed by atoms with Gasteiger partial charge in [-0.1, -0.05) is 128 Å². The quantitative estimate of drug-likeness (QED) is 0.0666. The zero-order valence-corrected chi connectivity index (χ0v) is 39.6. The summed E-state index contributed by atoms with van der Waals surface area (Å²) in [5, 5.41) is 0. The van der Waals surface area contributed by atoms with E-state index in [9.17, 15) is 24.0 Å². The number of benzene rings is 6. The van der Waals surface area contributed by atoms with Crippen molar-refractivity contribution in [3.8, 4) is 0 Å². The Balaban J connectivity index is 1.15. The van der Waals surface area contributed by atoms with Crippen molar-refractivity contribution >= 4 is 41.6 Å². The van der Waals surface area contributed by atoms with Gasteiger partial charge in [-0.15, -0.1) is 11.8 Å². The van der Waals surface area contributed by atoms with Crippen LogP contribution in [0.2, 0.25) is 0 Å². The van der Waals surface area contributed by atoms with Gasteiger partial charge < -0.3 is 47.4 Å². The van der Waals surface area contributed by atoms with Crippen LogP contribution < -0.4 is 0 Å². The first-order valence-electron chi connectivity index (χ1n) is 23.4. The van der Waals surface area contributed by atoms with E-state index in [2.05, 4.69) is 0 Å². The molecule has 0 bridgehead atoms. The van der Waals surface area contributed by atoms with E-state index in [-0.39, 0.29) is 34.4 Å². The molecular weight excluding hydrogens is 945 g/mol. The molecule has 3 aliphatic heterocycles. The first kappa shape index (κ1) is 49.8. The van der Waals surface area contributed by atoms with E-state index in [1.54, 1.807) is 152 Å². The molecule has 3 heterocycles. The van der Waals surface area contributed by atoms with E-state index in [1.807, 2.05) is 37.3 Å². The molecule has 15 nitrogen and oxygen atoms in total. The molecule has 3 fully saturated rings. The van der Waals surface area contributed by atoms with Gasteiger partial charge in [0.05, 0.1) is 34.4 Å². The SMILES string of the molecule is CCSC1OC(COC(=O)c2ccccc2)C(OC2OC3COC(c4ccccc4)OC3C(OC(=O)c3ccccc3)C2OC(=O)c2ccccc2)C(OC(=O)c2ccccc2)C1OC(=O)c1ccccc1. The first-order valence-corrected chi connectivity index (χ1v) is 24.4. The molecule has 0 radical (unpaired) electrons. The molecule has 0 amide bonds. The second kappa shape index (κ2) is 23.8. The van der Waals surface area contributed by atoms with Crippen LogP contribution in [0.1, 0.15) is 70.6 Å². The summed E-state index contributed by atoms with van der Waals surface area (Å²) in [6.07, 6.45) is -13.7. The summed E-state index contributed by atoms with van der Waals surface area (Å²) in [6, 6.07) is 50.2. The molecule has 0 spiro atoms. The third kappa shape index (κ3) is 11.9. The lowest BCUT2D eigenvalue weighted by Gasteiger charge is -2.50. The Hall–Kier alpha value is -7.18. The Kier molecular flexibility index (Phi) is 16.5. The Morgan fingerprint density at radius 1 is 0.472 bits per heavy atom. The van der Waals surface area contributed by atoms with Crippen LogP contribution in [0.3, 0.4) is 0 Å². The molecule has 0 aliphatic carbocycles. The van der Waals surface area contributed by atoms with Gasteiger partial charge in [0.1, 0.15) is 36.5 Å². The fraction of sp³-hybridized carbons (Fsp3) is 0.268. The Bertz CT molecular complexity index is 2740. The minimum Gasteiger partial charge on any atom is -0.459 e. The predicted octanol–water partition coefficient (Wildman–Crippen LogP) is 8.45. The summed E-state index contributed by atoms with van der Waals surface area (Å²) in [5.41, 5.74) is 0.568. The van der Waals surface area contributed by atoms with Crippen molar-refractivity contribution in [1.82, 2.24) is 0 Å². The van der Waals surface area contributed by atoms with Crippen LogP contribution in [0, 0.1) is 0 Å². The van der Waals surface area contributed by atoms with Crippen LogP contribution in [0.25, 0.3) is 0 Å². The molecule has 6 aromatic carbocycles. The smallest absolute Gasteiger partial charge is 0.338 e. The summed E-state index contributed by atoms with van der Waals surface area (Å²) in [6.45, 7) is 1.26. The third-order valence-corrected chi connectivity index (χ3v) is 13.0. The standard InChI is InChI=1S/C56H50O15S/c1-2-72-56-48(69-53(61)39-29-17-7-18-30-39)46(67-51(59)37-25-13-5-14-26-37)44(42(65-56)33-62-49(57)35-21-9-3-10-22-35)71-55-47(68-52(60)38-27-15-6-16-28-38)45(66-50(58)36-23-11-4-12-24-36)43-41(64-55)34-63-54(70-43)40-31-19-8-20-32-40/h3-32,41-48,54-56H,2,33-34H2,1H3. The maximum Gasteiger partial charge on any atom is 0.338 e. The van der Waals surface area contributed by atoms with Gasteiger partial charge in [0.25, 0.3) is 0 Å². The van der Waals surface area contributed by atoms with E-state index in [0.29, 0.717) is 11.3 Å². The fourth-order valence-electron chi connectivity index (χ4n) is 8.46. The molecule has 370 valence electrons. The predicted molar refractivity (Wildman–Crippen MR) is 260 cm³/mol. The number of carbonyl (C=O) groups excluding carboxylic acids is 5. The van der Waals surface area contributed by atoms with Gasteiger partial charge in [-0.05, 0) is 66.4 Å². The van der Waals surface area contributed by atoms with Gasteiger partial charge in [0.2, 0.25) is 0 Å². The average Bonchev–Trinajstić information content (AvgIpc) is 3.43. The molecule has 3 aliphatic rings. The van der Waals surface area contributed by atoms with E-state index >= 15 is 0 Å². The van der Waals surface area contributed by atoms with Crippen molar-refractivity contribution in [3.63, 3.8) is 0 Å². The lowest BCUT2D eigenvalue weighted by Crippen LogP contribution is -2.67. The molecule has 0 saturated carbocycles. The Morgan fingerprint density at radius 3 is 1.36 bits per heavy atom. The van der Waals surface area contributed by atoms with Crippen molar-refractivity contribution in [2.24, 2.45) is 0 Å². The summed E-state index contributed by atoms with van der Waals surface area (Å²) >= 11 is 1.25. The maximum absolute atomic E-state index is 14.3. The molecule has 3 saturated heterocycles. The van der Waals surface area contributed by atoms with Crippen LogP contribution in [0.15, 0.2) is 182 Å². The van der Waals surface area contributed by atoms with E-state index in [1.165, 1.54) is 11.8 Å². The molecule has 6 aromatic rings. The zero-order valence-electron chi connectivity index (χ0n) is 38.8. The maximum atomic E-state index is 14.3. The van der Waals surface area contributed by atoms with Crippen LogP contribution in [0.4, 0.5) is 0 Å². The lowest BCUT2D eigenvalue weighted by molar-refractivity contribution is -0.375. The molecule has 72 heavy (non-hydrogen) atoms. The van der Waals surface area contributed by atoms with Crippen molar-refractivity contribution in [3.05, 3.63) is 215 Å². The first-order chi connectivity index (χ1) is 35.2. The normalized spacial score (nSPS) is 25.7. The number of hydrogen-bond acceptors (Lipinski definition) is 16. The van der Waals surface area contributed by atoms with Crippen molar-refractivity contribution < 1.29 is 71.3 Å². The molecule has 11 unspecified atom stereocenters. The number of fused-ring (bicyclic) bond motifs is 1. The molecule has 9 rings (SSSR count). The van der Waals surface area contributed by atoms with E-state index < -0.39 is 103 Å². The molecular formula is C56H50O15S. The number of ether oxygens (including phenoxy) is 10. The second-order valence-corrected chi connectivity index (χ2v) is 18.1. The number of thioether (sulfide) groups is 1.